The molecule has 0 fully saturated rings. The fraction of sp³-hybridized carbons (Fsp3) is 0.471. The Balaban J connectivity index is 2.05. The molecule has 0 saturated carbocycles. The van der Waals surface area contributed by atoms with E-state index in [2.05, 4.69) is 15.5 Å². The lowest BCUT2D eigenvalue weighted by atomic mass is 10.0. The van der Waals surface area contributed by atoms with E-state index in [0.717, 1.165) is 5.56 Å². The monoisotopic (exact) mass is 332 g/mol. The van der Waals surface area contributed by atoms with Crippen molar-refractivity contribution in [1.29, 1.82) is 0 Å². The van der Waals surface area contributed by atoms with Crippen LogP contribution >= 0.6 is 0 Å². The standard InChI is InChI=1S/C17H24N4O3/c1-10(2)8-14(18)16(22)19-11(3)17-20-15(21-24-17)12-6-5-7-13(9-12)23-4/h5-7,9-11,14H,8,18H2,1-4H3,(H,19,22)/t11?,14-/m0/s1. The molecule has 0 radical (unpaired) electrons. The first kappa shape index (κ1) is 17.9. The number of hydrogen-bond acceptors (Lipinski definition) is 6. The lowest BCUT2D eigenvalue weighted by molar-refractivity contribution is -0.123. The molecule has 7 heteroatoms. The highest BCUT2D eigenvalue weighted by molar-refractivity contribution is 5.81. The van der Waals surface area contributed by atoms with Crippen LogP contribution in [0.5, 0.6) is 5.75 Å². The van der Waals surface area contributed by atoms with Crippen molar-refractivity contribution < 1.29 is 14.1 Å². The summed E-state index contributed by atoms with van der Waals surface area (Å²) in [6.07, 6.45) is 0.622. The van der Waals surface area contributed by atoms with Gasteiger partial charge in [0.15, 0.2) is 0 Å². The SMILES string of the molecule is COc1cccc(-c2noc(C(C)NC(=O)[C@@H](N)CC(C)C)n2)c1. The van der Waals surface area contributed by atoms with E-state index in [0.29, 0.717) is 29.8 Å². The molecule has 0 aliphatic carbocycles. The van der Waals surface area contributed by atoms with Crippen molar-refractivity contribution >= 4 is 5.91 Å². The minimum atomic E-state index is -0.548. The lowest BCUT2D eigenvalue weighted by Gasteiger charge is -2.16. The first-order chi connectivity index (χ1) is 11.4. The summed E-state index contributed by atoms with van der Waals surface area (Å²) in [5, 5.41) is 6.76. The van der Waals surface area contributed by atoms with Crippen LogP contribution in [0.4, 0.5) is 0 Å². The third kappa shape index (κ3) is 4.55. The molecule has 0 bridgehead atoms. The van der Waals surface area contributed by atoms with Crippen molar-refractivity contribution in [2.45, 2.75) is 39.3 Å². The topological polar surface area (TPSA) is 103 Å². The van der Waals surface area contributed by atoms with Crippen molar-refractivity contribution in [1.82, 2.24) is 15.5 Å². The molecular formula is C17H24N4O3. The number of carbonyl (C=O) groups excluding carboxylic acids is 1. The normalized spacial score (nSPS) is 13.6. The number of carbonyl (C=O) groups is 1. The number of ether oxygens (including phenoxy) is 1. The Bertz CT molecular complexity index is 684. The summed E-state index contributed by atoms with van der Waals surface area (Å²) in [6, 6.07) is 6.40. The lowest BCUT2D eigenvalue weighted by Crippen LogP contribution is -2.42. The van der Waals surface area contributed by atoms with Crippen LogP contribution in [0.15, 0.2) is 28.8 Å². The minimum absolute atomic E-state index is 0.225. The van der Waals surface area contributed by atoms with Crippen LogP contribution in [-0.2, 0) is 4.79 Å². The second-order valence-electron chi connectivity index (χ2n) is 6.15. The number of benzene rings is 1. The van der Waals surface area contributed by atoms with Gasteiger partial charge in [0.1, 0.15) is 11.8 Å². The molecule has 0 aliphatic rings. The predicted molar refractivity (Wildman–Crippen MR) is 90.3 cm³/mol. The van der Waals surface area contributed by atoms with Crippen LogP contribution in [0, 0.1) is 5.92 Å². The van der Waals surface area contributed by atoms with Gasteiger partial charge in [-0.25, -0.2) is 0 Å². The molecule has 1 unspecified atom stereocenters. The van der Waals surface area contributed by atoms with Gasteiger partial charge < -0.3 is 20.3 Å². The van der Waals surface area contributed by atoms with E-state index in [1.54, 1.807) is 14.0 Å². The number of rotatable bonds is 7. The van der Waals surface area contributed by atoms with Gasteiger partial charge in [-0.05, 0) is 31.4 Å². The van der Waals surface area contributed by atoms with Gasteiger partial charge >= 0.3 is 0 Å². The van der Waals surface area contributed by atoms with Gasteiger partial charge in [0.2, 0.25) is 17.6 Å². The third-order valence-corrected chi connectivity index (χ3v) is 3.56. The van der Waals surface area contributed by atoms with Gasteiger partial charge in [-0.3, -0.25) is 4.79 Å². The molecule has 1 amide bonds. The van der Waals surface area contributed by atoms with Gasteiger partial charge in [0, 0.05) is 5.56 Å². The van der Waals surface area contributed by atoms with Crippen molar-refractivity contribution in [3.8, 4) is 17.1 Å². The number of nitrogens with two attached hydrogens (primary N) is 1. The average Bonchev–Trinajstić information content (AvgIpc) is 3.04. The van der Waals surface area contributed by atoms with E-state index in [4.69, 9.17) is 15.0 Å². The van der Waals surface area contributed by atoms with Crippen molar-refractivity contribution in [2.24, 2.45) is 11.7 Å². The molecule has 1 aromatic carbocycles. The van der Waals surface area contributed by atoms with E-state index < -0.39 is 12.1 Å². The molecule has 0 saturated heterocycles. The van der Waals surface area contributed by atoms with Gasteiger partial charge in [-0.1, -0.05) is 31.1 Å². The number of amides is 1. The van der Waals surface area contributed by atoms with E-state index in [1.807, 2.05) is 38.1 Å². The van der Waals surface area contributed by atoms with Crippen LogP contribution in [0.1, 0.15) is 39.1 Å². The molecule has 1 heterocycles. The summed E-state index contributed by atoms with van der Waals surface area (Å²) < 4.78 is 10.4. The Kier molecular flexibility index (Phi) is 5.92. The smallest absolute Gasteiger partial charge is 0.249 e. The zero-order chi connectivity index (χ0) is 17.7. The Labute approximate surface area is 141 Å². The van der Waals surface area contributed by atoms with Crippen LogP contribution in [0.2, 0.25) is 0 Å². The van der Waals surface area contributed by atoms with Crippen molar-refractivity contribution in [3.63, 3.8) is 0 Å². The summed E-state index contributed by atoms with van der Waals surface area (Å²) in [4.78, 5) is 16.4. The van der Waals surface area contributed by atoms with E-state index in [-0.39, 0.29) is 5.91 Å². The van der Waals surface area contributed by atoms with Crippen LogP contribution < -0.4 is 15.8 Å². The summed E-state index contributed by atoms with van der Waals surface area (Å²) in [5.41, 5.74) is 6.66. The van der Waals surface area contributed by atoms with Crippen LogP contribution in [0.25, 0.3) is 11.4 Å². The second kappa shape index (κ2) is 7.92. The minimum Gasteiger partial charge on any atom is -0.497 e. The van der Waals surface area contributed by atoms with Gasteiger partial charge in [-0.15, -0.1) is 0 Å². The summed E-state index contributed by atoms with van der Waals surface area (Å²) >= 11 is 0. The zero-order valence-electron chi connectivity index (χ0n) is 14.4. The predicted octanol–water partition coefficient (Wildman–Crippen LogP) is 2.30. The molecule has 2 aromatic rings. The fourth-order valence-electron chi connectivity index (χ4n) is 2.29. The van der Waals surface area contributed by atoms with Gasteiger partial charge in [0.25, 0.3) is 0 Å². The maximum absolute atomic E-state index is 12.1. The molecule has 3 N–H and O–H groups in total. The summed E-state index contributed by atoms with van der Waals surface area (Å²) in [6.45, 7) is 5.83. The Hall–Kier alpha value is -2.41. The number of nitrogens with one attached hydrogen (secondary N) is 1. The molecule has 0 spiro atoms. The quantitative estimate of drug-likeness (QED) is 0.806. The highest BCUT2D eigenvalue weighted by atomic mass is 16.5. The molecule has 2 atom stereocenters. The second-order valence-corrected chi connectivity index (χ2v) is 6.15. The Morgan fingerprint density at radius 1 is 1.38 bits per heavy atom. The van der Waals surface area contributed by atoms with E-state index >= 15 is 0 Å². The average molecular weight is 332 g/mol. The van der Waals surface area contributed by atoms with E-state index in [1.165, 1.54) is 0 Å². The number of aromatic nitrogens is 2. The van der Waals surface area contributed by atoms with Crippen molar-refractivity contribution in [3.05, 3.63) is 30.2 Å². The molecule has 2 rings (SSSR count). The maximum atomic E-state index is 12.1. The first-order valence-electron chi connectivity index (χ1n) is 7.94. The molecule has 7 nitrogen and oxygen atoms in total. The number of methoxy groups -OCH3 is 1. The van der Waals surface area contributed by atoms with Gasteiger partial charge in [0.05, 0.1) is 13.2 Å². The fourth-order valence-corrected chi connectivity index (χ4v) is 2.29. The van der Waals surface area contributed by atoms with Gasteiger partial charge in [-0.2, -0.15) is 4.98 Å². The van der Waals surface area contributed by atoms with Crippen LogP contribution in [-0.4, -0.2) is 29.2 Å². The molecule has 1 aromatic heterocycles. The summed E-state index contributed by atoms with van der Waals surface area (Å²) in [7, 11) is 1.60. The zero-order valence-corrected chi connectivity index (χ0v) is 14.4. The number of nitrogens with zero attached hydrogens (tertiary/aromatic N) is 2. The Morgan fingerprint density at radius 3 is 2.79 bits per heavy atom. The highest BCUT2D eigenvalue weighted by Crippen LogP contribution is 2.22. The van der Waals surface area contributed by atoms with Crippen LogP contribution in [0.3, 0.4) is 0 Å². The largest absolute Gasteiger partial charge is 0.497 e. The Morgan fingerprint density at radius 2 is 2.12 bits per heavy atom. The number of hydrogen-bond donors (Lipinski definition) is 2. The third-order valence-electron chi connectivity index (χ3n) is 3.56. The summed E-state index contributed by atoms with van der Waals surface area (Å²) in [5.74, 6) is 1.61. The molecule has 0 aliphatic heterocycles. The molecular weight excluding hydrogens is 308 g/mol. The molecule has 130 valence electrons. The highest BCUT2D eigenvalue weighted by Gasteiger charge is 2.21. The maximum Gasteiger partial charge on any atom is 0.249 e. The first-order valence-corrected chi connectivity index (χ1v) is 7.94. The van der Waals surface area contributed by atoms with E-state index in [9.17, 15) is 4.79 Å². The van der Waals surface area contributed by atoms with Crippen molar-refractivity contribution in [2.75, 3.05) is 7.11 Å². The molecule has 24 heavy (non-hydrogen) atoms.